The van der Waals surface area contributed by atoms with E-state index in [0.29, 0.717) is 12.2 Å². The normalized spacial score (nSPS) is 28.9. The van der Waals surface area contributed by atoms with E-state index in [4.69, 9.17) is 4.74 Å². The van der Waals surface area contributed by atoms with E-state index in [1.165, 1.54) is 64.2 Å². The molecule has 0 N–H and O–H groups in total. The predicted octanol–water partition coefficient (Wildman–Crippen LogP) is 8.72. The molecule has 4 bridgehead atoms. The van der Waals surface area contributed by atoms with E-state index in [2.05, 4.69) is 15.9 Å². The van der Waals surface area contributed by atoms with Gasteiger partial charge in [-0.2, -0.15) is 4.39 Å². The third-order valence-electron chi connectivity index (χ3n) is 8.19. The third kappa shape index (κ3) is 5.65. The lowest BCUT2D eigenvalue weighted by atomic mass is 9.48. The number of hydrogen-bond acceptors (Lipinski definition) is 1. The van der Waals surface area contributed by atoms with Gasteiger partial charge in [0.05, 0.1) is 6.61 Å². The van der Waals surface area contributed by atoms with Gasteiger partial charge >= 0.3 is 0 Å². The predicted molar refractivity (Wildman–Crippen MR) is 127 cm³/mol. The molecule has 174 valence electrons. The monoisotopic (exact) mass is 496 g/mol. The van der Waals surface area contributed by atoms with E-state index in [9.17, 15) is 4.39 Å². The summed E-state index contributed by atoms with van der Waals surface area (Å²) in [6.45, 7) is 0.471. The summed E-state index contributed by atoms with van der Waals surface area (Å²) >= 11 is 3.47. The van der Waals surface area contributed by atoms with Crippen LogP contribution in [0.1, 0.15) is 102 Å². The van der Waals surface area contributed by atoms with Gasteiger partial charge in [-0.25, -0.2) is 4.39 Å². The Morgan fingerprint density at radius 1 is 0.742 bits per heavy atom. The van der Waals surface area contributed by atoms with Crippen LogP contribution in [0.5, 0.6) is 5.75 Å². The Balaban J connectivity index is 1.21. The highest BCUT2D eigenvalue weighted by Crippen LogP contribution is 2.61. The summed E-state index contributed by atoms with van der Waals surface area (Å²) < 4.78 is 35.6. The maximum Gasteiger partial charge on any atom is 0.200 e. The lowest BCUT2D eigenvalue weighted by Crippen LogP contribution is -2.49. The van der Waals surface area contributed by atoms with Gasteiger partial charge in [0, 0.05) is 5.33 Å². The van der Waals surface area contributed by atoms with E-state index in [-0.39, 0.29) is 11.2 Å². The second kappa shape index (κ2) is 11.0. The van der Waals surface area contributed by atoms with Crippen LogP contribution < -0.4 is 4.74 Å². The van der Waals surface area contributed by atoms with Crippen LogP contribution in [0.4, 0.5) is 8.78 Å². The minimum absolute atomic E-state index is 0.0952. The fraction of sp³-hybridized carbons (Fsp3) is 0.778. The second-order valence-corrected chi connectivity index (χ2v) is 11.4. The van der Waals surface area contributed by atoms with Gasteiger partial charge in [0.15, 0.2) is 11.6 Å². The summed E-state index contributed by atoms with van der Waals surface area (Å²) in [7, 11) is 0. The molecule has 1 nitrogen and oxygen atoms in total. The number of unbranched alkanes of at least 4 members (excludes halogenated alkanes) is 8. The van der Waals surface area contributed by atoms with Crippen molar-refractivity contribution in [2.45, 2.75) is 102 Å². The maximum atomic E-state index is 15.1. The topological polar surface area (TPSA) is 9.23 Å². The molecule has 4 aliphatic rings. The third-order valence-corrected chi connectivity index (χ3v) is 8.75. The molecule has 0 spiro atoms. The van der Waals surface area contributed by atoms with E-state index in [1.54, 1.807) is 6.07 Å². The lowest BCUT2D eigenvalue weighted by Gasteiger charge is -2.57. The largest absolute Gasteiger partial charge is 0.490 e. The summed E-state index contributed by atoms with van der Waals surface area (Å²) in [5.41, 5.74) is 0.513. The fourth-order valence-electron chi connectivity index (χ4n) is 7.11. The zero-order valence-corrected chi connectivity index (χ0v) is 20.5. The van der Waals surface area contributed by atoms with Gasteiger partial charge in [-0.1, -0.05) is 66.9 Å². The molecule has 4 fully saturated rings. The fourth-order valence-corrected chi connectivity index (χ4v) is 7.51. The first-order chi connectivity index (χ1) is 15.1. The quantitative estimate of drug-likeness (QED) is 0.196. The molecule has 4 aliphatic carbocycles. The minimum Gasteiger partial charge on any atom is -0.490 e. The molecular weight excluding hydrogens is 458 g/mol. The van der Waals surface area contributed by atoms with E-state index >= 15 is 4.39 Å². The first-order valence-corrected chi connectivity index (χ1v) is 13.9. The van der Waals surface area contributed by atoms with Gasteiger partial charge in [-0.15, -0.1) is 0 Å². The molecule has 31 heavy (non-hydrogen) atoms. The van der Waals surface area contributed by atoms with Crippen molar-refractivity contribution in [1.82, 2.24) is 0 Å². The van der Waals surface area contributed by atoms with Crippen molar-refractivity contribution in [2.24, 2.45) is 17.8 Å². The summed E-state index contributed by atoms with van der Waals surface area (Å²) in [5, 5.41) is 1.11. The maximum absolute atomic E-state index is 15.1. The Hall–Kier alpha value is -0.640. The van der Waals surface area contributed by atoms with Gasteiger partial charge < -0.3 is 4.74 Å². The van der Waals surface area contributed by atoms with Crippen LogP contribution in [0.25, 0.3) is 0 Å². The van der Waals surface area contributed by atoms with Crippen LogP contribution in [0.15, 0.2) is 12.1 Å². The lowest BCUT2D eigenvalue weighted by molar-refractivity contribution is -0.00708. The SMILES string of the molecule is Fc1c(OCCCCCCCCCCCBr)ccc(C23CC4CC(CC(C4)C2)C3)c1F. The van der Waals surface area contributed by atoms with Crippen LogP contribution in [-0.2, 0) is 5.41 Å². The molecule has 4 heteroatoms. The highest BCUT2D eigenvalue weighted by atomic mass is 79.9. The zero-order valence-electron chi connectivity index (χ0n) is 18.9. The summed E-state index contributed by atoms with van der Waals surface area (Å²) in [6, 6.07) is 3.54. The molecule has 1 aromatic carbocycles. The van der Waals surface area contributed by atoms with Crippen LogP contribution in [0.2, 0.25) is 0 Å². The molecule has 0 atom stereocenters. The van der Waals surface area contributed by atoms with E-state index < -0.39 is 11.6 Å². The molecule has 0 aliphatic heterocycles. The van der Waals surface area contributed by atoms with Crippen molar-refractivity contribution in [1.29, 1.82) is 0 Å². The van der Waals surface area contributed by atoms with E-state index in [1.807, 2.05) is 6.07 Å². The second-order valence-electron chi connectivity index (χ2n) is 10.7. The highest BCUT2D eigenvalue weighted by Gasteiger charge is 2.52. The van der Waals surface area contributed by atoms with Gasteiger partial charge in [-0.3, -0.25) is 0 Å². The van der Waals surface area contributed by atoms with E-state index in [0.717, 1.165) is 55.2 Å². The zero-order chi connectivity index (χ0) is 21.7. The van der Waals surface area contributed by atoms with Gasteiger partial charge in [0.2, 0.25) is 5.82 Å². The molecule has 4 saturated carbocycles. The Morgan fingerprint density at radius 3 is 1.81 bits per heavy atom. The molecule has 0 aromatic heterocycles. The van der Waals surface area contributed by atoms with Crippen molar-refractivity contribution in [3.05, 3.63) is 29.3 Å². The average Bonchev–Trinajstić information content (AvgIpc) is 2.74. The standard InChI is InChI=1S/C27H39BrF2O/c28-12-8-6-4-2-1-3-5-7-9-13-31-24-11-10-23(25(29)26(24)30)27-17-20-14-21(18-27)16-22(15-20)19-27/h10-11,20-22H,1-9,12-19H2. The van der Waals surface area contributed by atoms with Crippen molar-refractivity contribution < 1.29 is 13.5 Å². The molecule has 0 radical (unpaired) electrons. The molecule has 0 amide bonds. The number of alkyl halides is 1. The van der Waals surface area contributed by atoms with Gasteiger partial charge in [-0.05, 0) is 86.2 Å². The van der Waals surface area contributed by atoms with Crippen LogP contribution in [-0.4, -0.2) is 11.9 Å². The number of rotatable bonds is 13. The first kappa shape index (κ1) is 23.5. The van der Waals surface area contributed by atoms with Crippen LogP contribution >= 0.6 is 15.9 Å². The number of hydrogen-bond donors (Lipinski definition) is 0. The molecule has 1 aromatic rings. The molecule has 0 saturated heterocycles. The van der Waals surface area contributed by atoms with Crippen molar-refractivity contribution in [2.75, 3.05) is 11.9 Å². The van der Waals surface area contributed by atoms with Crippen molar-refractivity contribution >= 4 is 15.9 Å². The first-order valence-electron chi connectivity index (χ1n) is 12.8. The van der Waals surface area contributed by atoms with Crippen molar-refractivity contribution in [3.8, 4) is 5.75 Å². The van der Waals surface area contributed by atoms with Gasteiger partial charge in [0.1, 0.15) is 0 Å². The average molecular weight is 498 g/mol. The Bertz CT molecular complexity index is 684. The Morgan fingerprint density at radius 2 is 1.26 bits per heavy atom. The molecule has 0 unspecified atom stereocenters. The number of benzene rings is 1. The smallest absolute Gasteiger partial charge is 0.200 e. The van der Waals surface area contributed by atoms with Crippen LogP contribution in [0, 0.1) is 29.4 Å². The molecular formula is C27H39BrF2O. The Labute approximate surface area is 195 Å². The summed E-state index contributed by atoms with van der Waals surface area (Å²) in [4.78, 5) is 0. The number of ether oxygens (including phenoxy) is 1. The summed E-state index contributed by atoms with van der Waals surface area (Å²) in [6.07, 6.45) is 18.1. The Kier molecular flexibility index (Phi) is 8.33. The molecule has 0 heterocycles. The summed E-state index contributed by atoms with van der Waals surface area (Å²) in [5.74, 6) is 0.853. The van der Waals surface area contributed by atoms with Crippen LogP contribution in [0.3, 0.4) is 0 Å². The van der Waals surface area contributed by atoms with Crippen molar-refractivity contribution in [3.63, 3.8) is 0 Å². The van der Waals surface area contributed by atoms with Gasteiger partial charge in [0.25, 0.3) is 0 Å². The highest BCUT2D eigenvalue weighted by molar-refractivity contribution is 9.09. The minimum atomic E-state index is -0.767. The number of halogens is 3. The molecule has 5 rings (SSSR count).